The van der Waals surface area contributed by atoms with Gasteiger partial charge in [0.2, 0.25) is 0 Å². The zero-order valence-corrected chi connectivity index (χ0v) is 14.6. The monoisotopic (exact) mass is 308 g/mol. The highest BCUT2D eigenvalue weighted by Crippen LogP contribution is 2.29. The fraction of sp³-hybridized carbons (Fsp3) is 0.364. The fourth-order valence-corrected chi connectivity index (χ4v) is 2.51. The maximum absolute atomic E-state index is 6.11. The lowest BCUT2D eigenvalue weighted by Gasteiger charge is -2.17. The minimum Gasteiger partial charge on any atom is -0.462 e. The smallest absolute Gasteiger partial charge is 0.126 e. The van der Waals surface area contributed by atoms with Gasteiger partial charge >= 0.3 is 0 Å². The number of hydrogen-bond donors (Lipinski definition) is 0. The first-order chi connectivity index (χ1) is 11.1. The summed E-state index contributed by atoms with van der Waals surface area (Å²) >= 11 is 0. The summed E-state index contributed by atoms with van der Waals surface area (Å²) < 4.78 is 6.11. The van der Waals surface area contributed by atoms with Gasteiger partial charge in [0.1, 0.15) is 5.76 Å². The lowest BCUT2D eigenvalue weighted by atomic mass is 10.00. The van der Waals surface area contributed by atoms with E-state index in [0.29, 0.717) is 5.92 Å². The minimum absolute atomic E-state index is 0.318. The molecule has 0 heterocycles. The van der Waals surface area contributed by atoms with Gasteiger partial charge in [-0.05, 0) is 36.5 Å². The molecule has 2 aliphatic rings. The van der Waals surface area contributed by atoms with Crippen LogP contribution in [0, 0.1) is 5.92 Å². The van der Waals surface area contributed by atoms with Crippen LogP contribution in [0.25, 0.3) is 0 Å². The molecule has 1 heteroatoms. The molecule has 0 bridgehead atoms. The van der Waals surface area contributed by atoms with Crippen molar-refractivity contribution in [2.45, 2.75) is 46.5 Å². The maximum Gasteiger partial charge on any atom is 0.126 e. The molecule has 2 aliphatic carbocycles. The molecule has 0 atom stereocenters. The van der Waals surface area contributed by atoms with Crippen LogP contribution in [0.1, 0.15) is 46.5 Å². The summed E-state index contributed by atoms with van der Waals surface area (Å²) in [5, 5.41) is 0. The Morgan fingerprint density at radius 1 is 1.17 bits per heavy atom. The van der Waals surface area contributed by atoms with Gasteiger partial charge in [-0.15, -0.1) is 0 Å². The molecule has 0 fully saturated rings. The predicted octanol–water partition coefficient (Wildman–Crippen LogP) is 6.56. The van der Waals surface area contributed by atoms with Gasteiger partial charge < -0.3 is 4.74 Å². The van der Waals surface area contributed by atoms with E-state index in [1.807, 2.05) is 0 Å². The maximum atomic E-state index is 6.11. The fourth-order valence-electron chi connectivity index (χ4n) is 2.51. The Hall–Kier alpha value is -2.02. The molecule has 0 aromatic heterocycles. The summed E-state index contributed by atoms with van der Waals surface area (Å²) in [6.07, 6.45) is 21.5. The highest BCUT2D eigenvalue weighted by molar-refractivity contribution is 5.43. The molecule has 0 aromatic carbocycles. The van der Waals surface area contributed by atoms with Crippen molar-refractivity contribution in [2.24, 2.45) is 5.92 Å². The standard InChI is InChI=1S/C22H28O/c1-5-19-13-10-14-22(23-18(4)17(2)3)21(15-19)16-20-11-8-6-7-9-12-20/h6,8-9,11-15,17H,4-5,7,10,16H2,1-3H3. The van der Waals surface area contributed by atoms with Gasteiger partial charge in [-0.2, -0.15) is 0 Å². The van der Waals surface area contributed by atoms with Crippen molar-refractivity contribution in [1.82, 2.24) is 0 Å². The molecule has 1 nitrogen and oxygen atoms in total. The Kier molecular flexibility index (Phi) is 6.46. The van der Waals surface area contributed by atoms with Crippen LogP contribution in [0.4, 0.5) is 0 Å². The Bertz CT molecular complexity index is 618. The quantitative estimate of drug-likeness (QED) is 0.505. The van der Waals surface area contributed by atoms with Crippen molar-refractivity contribution < 1.29 is 4.74 Å². The highest BCUT2D eigenvalue weighted by Gasteiger charge is 2.14. The van der Waals surface area contributed by atoms with Crippen molar-refractivity contribution in [3.05, 3.63) is 83.4 Å². The zero-order valence-electron chi connectivity index (χ0n) is 14.6. The Morgan fingerprint density at radius 3 is 2.74 bits per heavy atom. The molecule has 0 saturated carbocycles. The van der Waals surface area contributed by atoms with Gasteiger partial charge in [-0.25, -0.2) is 0 Å². The lowest BCUT2D eigenvalue weighted by Crippen LogP contribution is -2.02. The second-order valence-electron chi connectivity index (χ2n) is 6.31. The van der Waals surface area contributed by atoms with Crippen LogP contribution in [-0.4, -0.2) is 0 Å². The van der Waals surface area contributed by atoms with Crippen LogP contribution in [0.3, 0.4) is 0 Å². The van der Waals surface area contributed by atoms with Gasteiger partial charge in [0.25, 0.3) is 0 Å². The molecular weight excluding hydrogens is 280 g/mol. The summed E-state index contributed by atoms with van der Waals surface area (Å²) in [5.41, 5.74) is 3.93. The topological polar surface area (TPSA) is 9.23 Å². The summed E-state index contributed by atoms with van der Waals surface area (Å²) in [4.78, 5) is 0. The SMILES string of the molecule is C=C(OC1=CCC=C(CC)C=C1CC1=CC=CCC=C1)C(C)C. The summed E-state index contributed by atoms with van der Waals surface area (Å²) in [6.45, 7) is 10.5. The third-order valence-corrected chi connectivity index (χ3v) is 4.10. The van der Waals surface area contributed by atoms with Gasteiger partial charge in [0.05, 0.1) is 5.76 Å². The van der Waals surface area contributed by atoms with Gasteiger partial charge in [0.15, 0.2) is 0 Å². The average Bonchev–Trinajstić information content (AvgIpc) is 2.89. The van der Waals surface area contributed by atoms with Crippen LogP contribution in [0.5, 0.6) is 0 Å². The van der Waals surface area contributed by atoms with E-state index in [1.54, 1.807) is 0 Å². The van der Waals surface area contributed by atoms with Gasteiger partial charge in [-0.1, -0.05) is 75.5 Å². The van der Waals surface area contributed by atoms with E-state index in [1.165, 1.54) is 16.7 Å². The number of rotatable bonds is 6. The largest absolute Gasteiger partial charge is 0.462 e. The third kappa shape index (κ3) is 5.28. The predicted molar refractivity (Wildman–Crippen MR) is 99.8 cm³/mol. The van der Waals surface area contributed by atoms with Crippen LogP contribution in [0.2, 0.25) is 0 Å². The molecule has 0 spiro atoms. The van der Waals surface area contributed by atoms with Crippen molar-refractivity contribution in [3.8, 4) is 0 Å². The van der Waals surface area contributed by atoms with E-state index in [9.17, 15) is 0 Å². The summed E-state index contributed by atoms with van der Waals surface area (Å²) in [6, 6.07) is 0. The van der Waals surface area contributed by atoms with Crippen molar-refractivity contribution in [3.63, 3.8) is 0 Å². The molecule has 122 valence electrons. The van der Waals surface area contributed by atoms with E-state index in [2.05, 4.69) is 76.0 Å². The number of hydrogen-bond acceptors (Lipinski definition) is 1. The minimum atomic E-state index is 0.318. The van der Waals surface area contributed by atoms with Crippen molar-refractivity contribution in [1.29, 1.82) is 0 Å². The third-order valence-electron chi connectivity index (χ3n) is 4.10. The van der Waals surface area contributed by atoms with Crippen LogP contribution in [-0.2, 0) is 4.74 Å². The first-order valence-corrected chi connectivity index (χ1v) is 8.59. The van der Waals surface area contributed by atoms with E-state index >= 15 is 0 Å². The molecule has 0 amide bonds. The first-order valence-electron chi connectivity index (χ1n) is 8.59. The molecule has 23 heavy (non-hydrogen) atoms. The summed E-state index contributed by atoms with van der Waals surface area (Å²) in [7, 11) is 0. The molecule has 0 N–H and O–H groups in total. The summed E-state index contributed by atoms with van der Waals surface area (Å²) in [5.74, 6) is 2.11. The van der Waals surface area contributed by atoms with E-state index < -0.39 is 0 Å². The Morgan fingerprint density at radius 2 is 2.00 bits per heavy atom. The second-order valence-corrected chi connectivity index (χ2v) is 6.31. The molecular formula is C22H28O. The molecule has 0 unspecified atom stereocenters. The second kappa shape index (κ2) is 8.57. The highest BCUT2D eigenvalue weighted by atomic mass is 16.5. The molecule has 0 saturated heterocycles. The first kappa shape index (κ1) is 17.3. The Balaban J connectivity index is 2.25. The Labute approximate surface area is 141 Å². The number of ether oxygens (including phenoxy) is 1. The lowest BCUT2D eigenvalue weighted by molar-refractivity contribution is 0.274. The van der Waals surface area contributed by atoms with Crippen LogP contribution in [0.15, 0.2) is 83.4 Å². The van der Waals surface area contributed by atoms with E-state index in [-0.39, 0.29) is 0 Å². The molecule has 0 aliphatic heterocycles. The van der Waals surface area contributed by atoms with Crippen LogP contribution < -0.4 is 0 Å². The molecule has 0 aromatic rings. The van der Waals surface area contributed by atoms with E-state index in [4.69, 9.17) is 4.74 Å². The van der Waals surface area contributed by atoms with Crippen LogP contribution >= 0.6 is 0 Å². The van der Waals surface area contributed by atoms with Gasteiger partial charge in [0, 0.05) is 12.3 Å². The average molecular weight is 308 g/mol. The van der Waals surface area contributed by atoms with Crippen molar-refractivity contribution >= 4 is 0 Å². The van der Waals surface area contributed by atoms with Crippen molar-refractivity contribution in [2.75, 3.05) is 0 Å². The van der Waals surface area contributed by atoms with Gasteiger partial charge in [-0.3, -0.25) is 0 Å². The molecule has 0 radical (unpaired) electrons. The number of allylic oxidation sites excluding steroid dienone is 12. The zero-order chi connectivity index (χ0) is 16.7. The van der Waals surface area contributed by atoms with E-state index in [0.717, 1.165) is 37.2 Å². The molecule has 2 rings (SSSR count). The normalized spacial score (nSPS) is 17.7.